The van der Waals surface area contributed by atoms with E-state index in [0.29, 0.717) is 0 Å². The first-order chi connectivity index (χ1) is 2.00. The Hall–Kier alpha value is 2.03. The monoisotopic (exact) mass is 198 g/mol. The molecule has 0 radical (unpaired) electrons. The second-order valence-electron chi connectivity index (χ2n) is 0.408. The smallest absolute Gasteiger partial charge is 0.759 e. The third-order valence-electron chi connectivity index (χ3n) is 0. The van der Waals surface area contributed by atoms with E-state index in [9.17, 15) is 0 Å². The van der Waals surface area contributed by atoms with Crippen LogP contribution in [0.1, 0.15) is 0 Å². The number of hydrogen-bond acceptors (Lipinski definition) is 4. The van der Waals surface area contributed by atoms with Crippen molar-refractivity contribution in [2.75, 3.05) is 0 Å². The fourth-order valence-electron chi connectivity index (χ4n) is 0. The van der Waals surface area contributed by atoms with Crippen molar-refractivity contribution < 1.29 is 86.0 Å². The molecule has 0 rings (SSSR count). The Morgan fingerprint density at radius 3 is 1.14 bits per heavy atom. The molecular weight excluding hydrogens is 199 g/mol. The zero-order chi connectivity index (χ0) is 4.50. The Balaban J connectivity index is -0.0000000800. The van der Waals surface area contributed by atoms with E-state index < -0.39 is 10.4 Å². The molecule has 0 aliphatic carbocycles. The van der Waals surface area contributed by atoms with Crippen molar-refractivity contribution in [1.29, 1.82) is 0 Å². The molecule has 0 atom stereocenters. The molecule has 0 unspecified atom stereocenters. The quantitative estimate of drug-likeness (QED) is 0.224. The zero-order valence-electron chi connectivity index (χ0n) is 3.34. The second kappa shape index (κ2) is 6.15. The minimum atomic E-state index is -5.17. The predicted molar refractivity (Wildman–Crippen MR) is 10.5 cm³/mol. The van der Waals surface area contributed by atoms with Gasteiger partial charge in [0.15, 0.2) is 0 Å². The molecule has 0 amide bonds. The molecule has 0 fully saturated rings. The van der Waals surface area contributed by atoms with Crippen LogP contribution in [0.15, 0.2) is 0 Å². The zero-order valence-corrected chi connectivity index (χ0v) is 8.22. The molecule has 0 N–H and O–H groups in total. The molecule has 0 aromatic rings. The van der Waals surface area contributed by atoms with Crippen LogP contribution >= 0.6 is 0 Å². The minimum absolute atomic E-state index is 0. The van der Waals surface area contributed by atoms with Crippen molar-refractivity contribution in [3.8, 4) is 0 Å². The average molecular weight is 199 g/mol. The van der Waals surface area contributed by atoms with E-state index in [1.807, 2.05) is 0 Å². The predicted octanol–water partition coefficient (Wildman–Crippen LogP) is -4.34. The van der Waals surface area contributed by atoms with Crippen LogP contribution in [0.2, 0.25) is 0 Å². The molecule has 0 aromatic heterocycles. The molecule has 0 bridgehead atoms. The van der Waals surface area contributed by atoms with Gasteiger partial charge in [0.2, 0.25) is 0 Å². The summed E-state index contributed by atoms with van der Waals surface area (Å²) < 4.78 is 34.1. The van der Waals surface area contributed by atoms with Gasteiger partial charge in [-0.3, -0.25) is 8.42 Å². The van der Waals surface area contributed by atoms with Crippen LogP contribution in [0, 0.1) is 0 Å². The first-order valence-corrected chi connectivity index (χ1v) is 2.00. The summed E-state index contributed by atoms with van der Waals surface area (Å²) in [4.78, 5) is 0. The van der Waals surface area contributed by atoms with Crippen molar-refractivity contribution in [3.63, 3.8) is 0 Å². The van der Waals surface area contributed by atoms with Crippen LogP contribution in [0.3, 0.4) is 0 Å². The van der Waals surface area contributed by atoms with Gasteiger partial charge in [-0.2, -0.15) is 0 Å². The molecule has 4 nitrogen and oxygen atoms in total. The molecule has 0 aliphatic heterocycles. The van der Waals surface area contributed by atoms with E-state index in [0.717, 1.165) is 0 Å². The molecule has 0 aromatic carbocycles. The molecular formula is CuKO4S. The summed E-state index contributed by atoms with van der Waals surface area (Å²) in [5.74, 6) is 0. The van der Waals surface area contributed by atoms with Crippen molar-refractivity contribution in [1.82, 2.24) is 0 Å². The van der Waals surface area contributed by atoms with E-state index in [4.69, 9.17) is 17.5 Å². The maximum absolute atomic E-state index is 8.52. The maximum atomic E-state index is 8.52. The Bertz CT molecular complexity index is 94.9. The summed E-state index contributed by atoms with van der Waals surface area (Å²) >= 11 is 0. The van der Waals surface area contributed by atoms with Gasteiger partial charge in [0.1, 0.15) is 0 Å². The Morgan fingerprint density at radius 1 is 1.14 bits per heavy atom. The van der Waals surface area contributed by atoms with Crippen LogP contribution in [0.5, 0.6) is 0 Å². The third kappa shape index (κ3) is 71.0. The topological polar surface area (TPSA) is 80.3 Å². The summed E-state index contributed by atoms with van der Waals surface area (Å²) in [6.45, 7) is 0. The fraction of sp³-hybridized carbons (Fsp3) is 0. The normalized spacial score (nSPS) is 8.29. The van der Waals surface area contributed by atoms with Crippen LogP contribution in [-0.4, -0.2) is 17.5 Å². The summed E-state index contributed by atoms with van der Waals surface area (Å²) in [6.07, 6.45) is 0. The largest absolute Gasteiger partial charge is 1.00 e. The van der Waals surface area contributed by atoms with Gasteiger partial charge in [-0.25, -0.2) is 0 Å². The minimum Gasteiger partial charge on any atom is -0.759 e. The van der Waals surface area contributed by atoms with E-state index in [1.165, 1.54) is 0 Å². The standard InChI is InChI=1S/Cu.K.H2O4S/c;;1-5(2,3)4/h;;(H2,1,2,3,4)/q2*+1;/p-2. The van der Waals surface area contributed by atoms with E-state index in [-0.39, 0.29) is 68.5 Å². The molecule has 0 saturated heterocycles. The molecule has 0 aliphatic rings. The Morgan fingerprint density at radius 2 is 1.14 bits per heavy atom. The van der Waals surface area contributed by atoms with Crippen molar-refractivity contribution >= 4 is 10.4 Å². The average Bonchev–Trinajstić information content (AvgIpc) is 0.722. The number of hydrogen-bond donors (Lipinski definition) is 0. The van der Waals surface area contributed by atoms with Gasteiger partial charge in [-0.05, 0) is 0 Å². The van der Waals surface area contributed by atoms with Gasteiger partial charge in [0, 0.05) is 10.4 Å². The van der Waals surface area contributed by atoms with Crippen LogP contribution in [0.4, 0.5) is 0 Å². The van der Waals surface area contributed by atoms with Crippen LogP contribution < -0.4 is 51.4 Å². The maximum Gasteiger partial charge on any atom is 1.00 e. The molecule has 0 saturated carbocycles. The molecule has 7 heteroatoms. The fourth-order valence-corrected chi connectivity index (χ4v) is 0. The van der Waals surface area contributed by atoms with Gasteiger partial charge in [0.25, 0.3) is 0 Å². The molecule has 0 spiro atoms. The summed E-state index contributed by atoms with van der Waals surface area (Å²) in [7, 11) is -5.17. The van der Waals surface area contributed by atoms with Crippen molar-refractivity contribution in [2.24, 2.45) is 0 Å². The second-order valence-corrected chi connectivity index (χ2v) is 1.22. The molecule has 42 valence electrons. The summed E-state index contributed by atoms with van der Waals surface area (Å²) in [6, 6.07) is 0. The van der Waals surface area contributed by atoms with Crippen molar-refractivity contribution in [3.05, 3.63) is 0 Å². The molecule has 7 heavy (non-hydrogen) atoms. The SMILES string of the molecule is O=S(=O)([O-])[O-].[Cu+].[K+]. The summed E-state index contributed by atoms with van der Waals surface area (Å²) in [5.41, 5.74) is 0. The third-order valence-corrected chi connectivity index (χ3v) is 0. The van der Waals surface area contributed by atoms with Gasteiger partial charge < -0.3 is 9.11 Å². The first kappa shape index (κ1) is 16.0. The Kier molecular flexibility index (Phi) is 14.1. The first-order valence-electron chi connectivity index (χ1n) is 0.667. The van der Waals surface area contributed by atoms with Gasteiger partial charge >= 0.3 is 68.5 Å². The number of rotatable bonds is 0. The van der Waals surface area contributed by atoms with E-state index in [1.54, 1.807) is 0 Å². The van der Waals surface area contributed by atoms with Gasteiger partial charge in [-0.15, -0.1) is 0 Å². The van der Waals surface area contributed by atoms with Gasteiger partial charge in [0.05, 0.1) is 0 Å². The van der Waals surface area contributed by atoms with E-state index >= 15 is 0 Å². The van der Waals surface area contributed by atoms with E-state index in [2.05, 4.69) is 0 Å². The van der Waals surface area contributed by atoms with Crippen molar-refractivity contribution in [2.45, 2.75) is 0 Å². The Labute approximate surface area is 94.5 Å². The summed E-state index contributed by atoms with van der Waals surface area (Å²) in [5, 5.41) is 0. The van der Waals surface area contributed by atoms with Gasteiger partial charge in [-0.1, -0.05) is 0 Å². The van der Waals surface area contributed by atoms with Crippen LogP contribution in [-0.2, 0) is 27.5 Å². The van der Waals surface area contributed by atoms with Crippen LogP contribution in [0.25, 0.3) is 0 Å². The molecule has 0 heterocycles.